The van der Waals surface area contributed by atoms with E-state index in [0.29, 0.717) is 0 Å². The van der Waals surface area contributed by atoms with E-state index in [2.05, 4.69) is 0 Å². The average molecular weight is 275 g/mol. The van der Waals surface area contributed by atoms with Crippen molar-refractivity contribution in [2.75, 3.05) is 0 Å². The first-order valence-electron chi connectivity index (χ1n) is 0.655. The van der Waals surface area contributed by atoms with Gasteiger partial charge in [0.15, 0.2) is 0 Å². The van der Waals surface area contributed by atoms with Crippen molar-refractivity contribution in [3.8, 4) is 0 Å². The number of hydrogen-bond acceptors (Lipinski definition) is 0. The maximum Gasteiger partial charge on any atom is 0.762 e. The van der Waals surface area contributed by atoms with Gasteiger partial charge in [-0.1, -0.05) is 0 Å². The minimum atomic E-state index is -3.67. The van der Waals surface area contributed by atoms with Gasteiger partial charge in [-0.3, -0.25) is 12.9 Å². The second kappa shape index (κ2) is 4.78. The Bertz CT molecular complexity index is 11.6. The third-order valence-corrected chi connectivity index (χ3v) is 0. The van der Waals surface area contributed by atoms with Gasteiger partial charge in [-0.05, 0) is 0 Å². The van der Waals surface area contributed by atoms with Crippen LogP contribution < -0.4 is 0 Å². The summed E-state index contributed by atoms with van der Waals surface area (Å²) >= 11 is 0. The summed E-state index contributed by atoms with van der Waals surface area (Å²) in [5.74, 6) is 0. The molecule has 0 amide bonds. The molecule has 0 saturated carbocycles. The van der Waals surface area contributed by atoms with Crippen LogP contribution >= 0.6 is 0 Å². The largest absolute Gasteiger partial charge is 0.762 e. The Kier molecular flexibility index (Phi) is 8.83. The van der Waals surface area contributed by atoms with Gasteiger partial charge in [0.05, 0.1) is 0 Å². The first-order chi connectivity index (χ1) is 1.73. The Morgan fingerprint density at radius 1 is 1.00 bits per heavy atom. The fourth-order valence-corrected chi connectivity index (χ4v) is 0. The van der Waals surface area contributed by atoms with Crippen molar-refractivity contribution in [3.05, 3.63) is 0 Å². The molecule has 28 valence electrons. The van der Waals surface area contributed by atoms with Crippen molar-refractivity contribution >= 4 is 34.8 Å². The van der Waals surface area contributed by atoms with Crippen molar-refractivity contribution in [3.63, 3.8) is 0 Å². The standard InChI is InChI=1S/BF3.Pb/c2-1(3)4;. The van der Waals surface area contributed by atoms with Gasteiger partial charge in [-0.15, -0.1) is 0 Å². The second-order valence-corrected chi connectivity index (χ2v) is 0.247. The molecule has 0 nitrogen and oxygen atoms in total. The molecule has 0 rings (SSSR count). The topological polar surface area (TPSA) is 0 Å². The van der Waals surface area contributed by atoms with Crippen LogP contribution in [0.1, 0.15) is 0 Å². The van der Waals surface area contributed by atoms with Crippen molar-refractivity contribution in [1.82, 2.24) is 0 Å². The predicted molar refractivity (Wildman–Crippen MR) is 14.8 cm³/mol. The average Bonchev–Trinajstić information content (AvgIpc) is 0.811. The third-order valence-electron chi connectivity index (χ3n) is 0. The summed E-state index contributed by atoms with van der Waals surface area (Å²) in [6.45, 7) is 0. The van der Waals surface area contributed by atoms with Gasteiger partial charge in [0, 0.05) is 27.3 Å². The second-order valence-electron chi connectivity index (χ2n) is 0.247. The van der Waals surface area contributed by atoms with Gasteiger partial charge in [0.25, 0.3) is 0 Å². The normalized spacial score (nSPS) is 5.40. The van der Waals surface area contributed by atoms with Crippen LogP contribution in [0.4, 0.5) is 12.9 Å². The number of rotatable bonds is 0. The fraction of sp³-hybridized carbons (Fsp3) is 0. The molecule has 0 aliphatic carbocycles. The molecule has 0 heterocycles. The van der Waals surface area contributed by atoms with Gasteiger partial charge in [0.1, 0.15) is 0 Å². The smallest absolute Gasteiger partial charge is 0.254 e. The first kappa shape index (κ1) is 9.24. The van der Waals surface area contributed by atoms with Gasteiger partial charge in [-0.25, -0.2) is 0 Å². The number of halogens is 3. The Balaban J connectivity index is 0. The van der Waals surface area contributed by atoms with Crippen molar-refractivity contribution in [2.24, 2.45) is 0 Å². The molecule has 0 aromatic carbocycles. The first-order valence-corrected chi connectivity index (χ1v) is 0.655. The molecule has 5 heteroatoms. The van der Waals surface area contributed by atoms with Crippen LogP contribution in [0.25, 0.3) is 0 Å². The molecule has 5 heavy (non-hydrogen) atoms. The van der Waals surface area contributed by atoms with Crippen molar-refractivity contribution < 1.29 is 12.9 Å². The Hall–Kier alpha value is 0.777. The fourth-order valence-electron chi connectivity index (χ4n) is 0. The summed E-state index contributed by atoms with van der Waals surface area (Å²) in [6.07, 6.45) is 0. The van der Waals surface area contributed by atoms with Crippen molar-refractivity contribution in [2.45, 2.75) is 0 Å². The molecule has 0 aliphatic heterocycles. The molecule has 0 spiro atoms. The zero-order valence-electron chi connectivity index (χ0n) is 2.21. The summed E-state index contributed by atoms with van der Waals surface area (Å²) in [5.41, 5.74) is 0. The quantitative estimate of drug-likeness (QED) is 0.565. The summed E-state index contributed by atoms with van der Waals surface area (Å²) < 4.78 is 29.0. The van der Waals surface area contributed by atoms with Gasteiger partial charge in [-0.2, -0.15) is 0 Å². The molecular formula is BF3Pb. The molecule has 0 fully saturated rings. The maximum atomic E-state index is 9.67. The van der Waals surface area contributed by atoms with Gasteiger partial charge in [0.2, 0.25) is 0 Å². The summed E-state index contributed by atoms with van der Waals surface area (Å²) in [6, 6.07) is 0. The van der Waals surface area contributed by atoms with Crippen LogP contribution in [0.3, 0.4) is 0 Å². The van der Waals surface area contributed by atoms with E-state index < -0.39 is 7.54 Å². The van der Waals surface area contributed by atoms with Crippen LogP contribution in [-0.4, -0.2) is 34.8 Å². The number of hydrogen-bond donors (Lipinski definition) is 0. The predicted octanol–water partition coefficient (Wildman–Crippen LogP) is 0.499. The Morgan fingerprint density at radius 2 is 1.00 bits per heavy atom. The SMILES string of the molecule is FB(F)F.[Pb]. The van der Waals surface area contributed by atoms with Gasteiger partial charge < -0.3 is 0 Å². The van der Waals surface area contributed by atoms with Crippen molar-refractivity contribution in [1.29, 1.82) is 0 Å². The van der Waals surface area contributed by atoms with E-state index in [1.54, 1.807) is 0 Å². The van der Waals surface area contributed by atoms with Gasteiger partial charge >= 0.3 is 7.54 Å². The molecule has 0 saturated heterocycles. The van der Waals surface area contributed by atoms with Crippen LogP contribution in [0, 0.1) is 0 Å². The van der Waals surface area contributed by atoms with E-state index in [4.69, 9.17) is 0 Å². The molecule has 0 atom stereocenters. The minimum absolute atomic E-state index is 0. The van der Waals surface area contributed by atoms with Crippen LogP contribution in [0.2, 0.25) is 0 Å². The summed E-state index contributed by atoms with van der Waals surface area (Å²) in [4.78, 5) is 0. The minimum Gasteiger partial charge on any atom is -0.254 e. The van der Waals surface area contributed by atoms with Crippen LogP contribution in [-0.2, 0) is 0 Å². The molecule has 0 aromatic heterocycles. The maximum absolute atomic E-state index is 9.67. The molecule has 0 unspecified atom stereocenters. The van der Waals surface area contributed by atoms with E-state index in [0.717, 1.165) is 0 Å². The van der Waals surface area contributed by atoms with E-state index in [-0.39, 0.29) is 27.3 Å². The molecule has 0 aliphatic rings. The Labute approximate surface area is 48.1 Å². The van der Waals surface area contributed by atoms with E-state index in [1.807, 2.05) is 0 Å². The zero-order chi connectivity index (χ0) is 3.58. The van der Waals surface area contributed by atoms with Crippen LogP contribution in [0.5, 0.6) is 0 Å². The summed E-state index contributed by atoms with van der Waals surface area (Å²) in [7, 11) is -3.67. The van der Waals surface area contributed by atoms with E-state index in [1.165, 1.54) is 0 Å². The van der Waals surface area contributed by atoms with Crippen LogP contribution in [0.15, 0.2) is 0 Å². The molecule has 4 radical (unpaired) electrons. The molecule has 0 aromatic rings. The Morgan fingerprint density at radius 3 is 1.00 bits per heavy atom. The monoisotopic (exact) mass is 276 g/mol. The molecule has 0 bridgehead atoms. The van der Waals surface area contributed by atoms with E-state index >= 15 is 0 Å². The zero-order valence-corrected chi connectivity index (χ0v) is 6.10. The third kappa shape index (κ3) is 61.0. The summed E-state index contributed by atoms with van der Waals surface area (Å²) in [5, 5.41) is 0. The molecular weight excluding hydrogens is 275 g/mol. The van der Waals surface area contributed by atoms with E-state index in [9.17, 15) is 12.9 Å². The molecule has 0 N–H and O–H groups in total.